The summed E-state index contributed by atoms with van der Waals surface area (Å²) >= 11 is 8.36. The number of methoxy groups -OCH3 is 1. The quantitative estimate of drug-likeness (QED) is 0.211. The van der Waals surface area contributed by atoms with Crippen LogP contribution in [-0.2, 0) is 16.2 Å². The van der Waals surface area contributed by atoms with Gasteiger partial charge in [0.2, 0.25) is 0 Å². The van der Waals surface area contributed by atoms with E-state index in [2.05, 4.69) is 21.2 Å². The van der Waals surface area contributed by atoms with Crippen LogP contribution in [0, 0.1) is 10.1 Å². The number of likely N-dealkylation sites (N-methyl/N-ethyl adjacent to an activating group) is 1. The lowest BCUT2D eigenvalue weighted by Crippen LogP contribution is -2.52. The number of hydrogen-bond acceptors (Lipinski definition) is 7. The van der Waals surface area contributed by atoms with Crippen LogP contribution in [0.4, 0.5) is 5.69 Å². The molecule has 160 valence electrons. The van der Waals surface area contributed by atoms with Crippen LogP contribution in [0.3, 0.4) is 0 Å². The van der Waals surface area contributed by atoms with Gasteiger partial charge in [0.25, 0.3) is 17.5 Å². The maximum absolute atomic E-state index is 12.4. The van der Waals surface area contributed by atoms with Gasteiger partial charge in [0.1, 0.15) is 12.2 Å². The number of nitrogens with zero attached hydrogens (tertiary/aromatic N) is 2. The zero-order chi connectivity index (χ0) is 22.7. The first-order chi connectivity index (χ1) is 14.7. The van der Waals surface area contributed by atoms with Crippen LogP contribution in [0.25, 0.3) is 6.08 Å². The van der Waals surface area contributed by atoms with Gasteiger partial charge in [-0.15, -0.1) is 0 Å². The van der Waals surface area contributed by atoms with E-state index in [9.17, 15) is 19.7 Å². The van der Waals surface area contributed by atoms with Crippen LogP contribution in [0.2, 0.25) is 0 Å². The fourth-order valence-electron chi connectivity index (χ4n) is 2.71. The second-order valence-corrected chi connectivity index (χ2v) is 7.66. The number of ether oxygens (including phenoxy) is 2. The number of carbonyl (C=O) groups is 2. The topological polar surface area (TPSA) is 111 Å². The molecule has 31 heavy (non-hydrogen) atoms. The van der Waals surface area contributed by atoms with Gasteiger partial charge in [0, 0.05) is 23.7 Å². The molecule has 0 radical (unpaired) electrons. The maximum Gasteiger partial charge on any atom is 0.269 e. The number of halogens is 1. The van der Waals surface area contributed by atoms with E-state index in [-0.39, 0.29) is 23.0 Å². The lowest BCUT2D eigenvalue weighted by atomic mass is 10.1. The Morgan fingerprint density at radius 3 is 2.52 bits per heavy atom. The van der Waals surface area contributed by atoms with Gasteiger partial charge in [-0.25, -0.2) is 0 Å². The number of non-ortho nitro benzene ring substituents is 1. The van der Waals surface area contributed by atoms with Crippen molar-refractivity contribution in [1.29, 1.82) is 0 Å². The lowest BCUT2D eigenvalue weighted by molar-refractivity contribution is -0.384. The minimum absolute atomic E-state index is 0.00540. The van der Waals surface area contributed by atoms with Crippen LogP contribution >= 0.6 is 28.1 Å². The molecule has 0 atom stereocenters. The largest absolute Gasteiger partial charge is 0.493 e. The highest BCUT2D eigenvalue weighted by Gasteiger charge is 2.31. The highest BCUT2D eigenvalue weighted by Crippen LogP contribution is 2.35. The molecule has 0 saturated carbocycles. The SMILES string of the molecule is COc1cc(/C=C2\C(=O)NC(=S)N(C)C2=O)c(Br)cc1OCc1ccc([N+](=O)[O-])cc1. The van der Waals surface area contributed by atoms with Crippen molar-refractivity contribution in [2.24, 2.45) is 0 Å². The molecule has 1 fully saturated rings. The average molecular weight is 506 g/mol. The first-order valence-corrected chi connectivity index (χ1v) is 10.00. The molecule has 1 aliphatic rings. The van der Waals surface area contributed by atoms with Crippen LogP contribution in [0.15, 0.2) is 46.4 Å². The van der Waals surface area contributed by atoms with Crippen LogP contribution < -0.4 is 14.8 Å². The van der Waals surface area contributed by atoms with Gasteiger partial charge in [-0.3, -0.25) is 29.9 Å². The second-order valence-electron chi connectivity index (χ2n) is 6.42. The molecule has 9 nitrogen and oxygen atoms in total. The molecule has 0 bridgehead atoms. The molecular weight excluding hydrogens is 490 g/mol. The number of nitro groups is 1. The van der Waals surface area contributed by atoms with Crippen LogP contribution in [0.1, 0.15) is 11.1 Å². The molecule has 2 aromatic carbocycles. The summed E-state index contributed by atoms with van der Waals surface area (Å²) < 4.78 is 11.7. The zero-order valence-corrected chi connectivity index (χ0v) is 18.8. The molecule has 0 aliphatic carbocycles. The van der Waals surface area contributed by atoms with Gasteiger partial charge >= 0.3 is 0 Å². The number of benzene rings is 2. The molecule has 1 N–H and O–H groups in total. The van der Waals surface area contributed by atoms with E-state index in [1.807, 2.05) is 0 Å². The fourth-order valence-corrected chi connectivity index (χ4v) is 3.32. The monoisotopic (exact) mass is 505 g/mol. The van der Waals surface area contributed by atoms with Crippen molar-refractivity contribution < 1.29 is 24.0 Å². The van der Waals surface area contributed by atoms with Crippen molar-refractivity contribution >= 4 is 56.8 Å². The van der Waals surface area contributed by atoms with Crippen molar-refractivity contribution in [2.45, 2.75) is 6.61 Å². The molecule has 0 aromatic heterocycles. The molecule has 3 rings (SSSR count). The first kappa shape index (κ1) is 22.4. The Hall–Kier alpha value is -3.31. The van der Waals surface area contributed by atoms with E-state index in [1.54, 1.807) is 24.3 Å². The summed E-state index contributed by atoms with van der Waals surface area (Å²) in [6.07, 6.45) is 1.43. The van der Waals surface area contributed by atoms with Crippen molar-refractivity contribution in [1.82, 2.24) is 10.2 Å². The molecule has 0 spiro atoms. The van der Waals surface area contributed by atoms with Crippen molar-refractivity contribution in [3.8, 4) is 11.5 Å². The van der Waals surface area contributed by atoms with E-state index in [4.69, 9.17) is 21.7 Å². The van der Waals surface area contributed by atoms with Crippen LogP contribution in [-0.4, -0.2) is 40.9 Å². The number of amides is 2. The van der Waals surface area contributed by atoms with Crippen LogP contribution in [0.5, 0.6) is 11.5 Å². The molecule has 1 saturated heterocycles. The molecule has 11 heteroatoms. The van der Waals surface area contributed by atoms with Crippen molar-refractivity contribution in [3.05, 3.63) is 67.7 Å². The summed E-state index contributed by atoms with van der Waals surface area (Å²) in [6, 6.07) is 9.28. The number of nitro benzene ring substituents is 1. The summed E-state index contributed by atoms with van der Waals surface area (Å²) in [6.45, 7) is 0.157. The smallest absolute Gasteiger partial charge is 0.269 e. The third kappa shape index (κ3) is 4.89. The third-order valence-electron chi connectivity index (χ3n) is 4.43. The lowest BCUT2D eigenvalue weighted by Gasteiger charge is -2.25. The molecule has 2 aromatic rings. The highest BCUT2D eigenvalue weighted by atomic mass is 79.9. The summed E-state index contributed by atoms with van der Waals surface area (Å²) in [5.41, 5.74) is 1.19. The Balaban J connectivity index is 1.84. The van der Waals surface area contributed by atoms with Gasteiger partial charge in [-0.05, 0) is 53.7 Å². The summed E-state index contributed by atoms with van der Waals surface area (Å²) in [5, 5.41) is 13.2. The Morgan fingerprint density at radius 1 is 1.23 bits per heavy atom. The molecule has 2 amide bonds. The Morgan fingerprint density at radius 2 is 1.90 bits per heavy atom. The van der Waals surface area contributed by atoms with E-state index in [0.29, 0.717) is 21.5 Å². The van der Waals surface area contributed by atoms with Crippen molar-refractivity contribution in [2.75, 3.05) is 14.2 Å². The minimum Gasteiger partial charge on any atom is -0.493 e. The van der Waals surface area contributed by atoms with Gasteiger partial charge < -0.3 is 9.47 Å². The average Bonchev–Trinajstić information content (AvgIpc) is 2.75. The summed E-state index contributed by atoms with van der Waals surface area (Å²) in [7, 11) is 2.94. The Labute approximate surface area is 190 Å². The Kier molecular flexibility index (Phi) is 6.66. The zero-order valence-electron chi connectivity index (χ0n) is 16.4. The summed E-state index contributed by atoms with van der Waals surface area (Å²) in [5.74, 6) is -0.312. The molecule has 0 unspecified atom stereocenters. The number of nitrogens with one attached hydrogen (secondary N) is 1. The highest BCUT2D eigenvalue weighted by molar-refractivity contribution is 9.10. The predicted molar refractivity (Wildman–Crippen MR) is 120 cm³/mol. The second kappa shape index (κ2) is 9.23. The van der Waals surface area contributed by atoms with Gasteiger partial charge in [-0.2, -0.15) is 0 Å². The summed E-state index contributed by atoms with van der Waals surface area (Å²) in [4.78, 5) is 36.1. The fraction of sp³-hybridized carbons (Fsp3) is 0.150. The van der Waals surface area contributed by atoms with Gasteiger partial charge in [0.05, 0.1) is 12.0 Å². The number of rotatable bonds is 6. The minimum atomic E-state index is -0.586. The molecule has 1 aliphatic heterocycles. The standard InChI is InChI=1S/C20H16BrN3O6S/c1-23-19(26)14(18(25)22-20(23)31)7-12-8-16(29-2)17(9-15(12)21)30-10-11-3-5-13(6-4-11)24(27)28/h3-9H,10H2,1-2H3,(H,22,25,31)/b14-7+. The van der Waals surface area contributed by atoms with E-state index in [1.165, 1.54) is 37.3 Å². The molecular formula is C20H16BrN3O6S. The van der Waals surface area contributed by atoms with Crippen molar-refractivity contribution in [3.63, 3.8) is 0 Å². The van der Waals surface area contributed by atoms with E-state index in [0.717, 1.165) is 5.56 Å². The maximum atomic E-state index is 12.4. The van der Waals surface area contributed by atoms with E-state index >= 15 is 0 Å². The van der Waals surface area contributed by atoms with Gasteiger partial charge in [-0.1, -0.05) is 15.9 Å². The van der Waals surface area contributed by atoms with Gasteiger partial charge in [0.15, 0.2) is 16.6 Å². The number of hydrogen-bond donors (Lipinski definition) is 1. The van der Waals surface area contributed by atoms with E-state index < -0.39 is 16.7 Å². The number of thiocarbonyl (C=S) groups is 1. The first-order valence-electron chi connectivity index (χ1n) is 8.80. The number of carbonyl (C=O) groups excluding carboxylic acids is 2. The third-order valence-corrected chi connectivity index (χ3v) is 5.49. The molecule has 1 heterocycles. The normalized spacial score (nSPS) is 15.1. The predicted octanol–water partition coefficient (Wildman–Crippen LogP) is 3.20. The Bertz CT molecular complexity index is 1120.